The number of carbonyl (C=O) groups is 2. The molecule has 198 valence electrons. The Kier molecular flexibility index (Phi) is 10.3. The maximum absolute atomic E-state index is 12.0. The number of para-hydroxylation sites is 2. The van der Waals surface area contributed by atoms with Crippen LogP contribution in [-0.2, 0) is 9.47 Å². The largest absolute Gasteiger partial charge is 0.464 e. The first-order valence-electron chi connectivity index (χ1n) is 11.3. The number of ether oxygens (including phenoxy) is 2. The van der Waals surface area contributed by atoms with Crippen molar-refractivity contribution in [1.82, 2.24) is 19.6 Å². The highest BCUT2D eigenvalue weighted by atomic mass is 33.1. The van der Waals surface area contributed by atoms with Crippen LogP contribution in [0.1, 0.15) is 19.6 Å². The summed E-state index contributed by atoms with van der Waals surface area (Å²) in [5.41, 5.74) is 1.65. The minimum absolute atomic E-state index is 0.255. The van der Waals surface area contributed by atoms with E-state index >= 15 is 0 Å². The van der Waals surface area contributed by atoms with Crippen molar-refractivity contribution in [3.05, 3.63) is 80.3 Å². The lowest BCUT2D eigenvalue weighted by atomic mass is 10.3. The van der Waals surface area contributed by atoms with Crippen LogP contribution in [0.4, 0.5) is 0 Å². The molecule has 0 fully saturated rings. The van der Waals surface area contributed by atoms with Crippen molar-refractivity contribution >= 4 is 56.2 Å². The SMILES string of the molecule is COC(=O)c1nn(-c2ccccc2)c(=NCCSSCCN=c2sc(C(=O)OC)nn2-c2ccccc2)s1. The minimum atomic E-state index is -0.483. The van der Waals surface area contributed by atoms with Crippen LogP contribution in [0.25, 0.3) is 11.4 Å². The second-order valence-corrected chi connectivity index (χ2v) is 11.9. The maximum Gasteiger partial charge on any atom is 0.369 e. The fourth-order valence-electron chi connectivity index (χ4n) is 3.06. The molecule has 0 atom stereocenters. The summed E-state index contributed by atoms with van der Waals surface area (Å²) in [5.74, 6) is 0.593. The lowest BCUT2D eigenvalue weighted by Gasteiger charge is -2.01. The number of methoxy groups -OCH3 is 2. The topological polar surface area (TPSA) is 113 Å². The van der Waals surface area contributed by atoms with E-state index in [0.29, 0.717) is 22.7 Å². The minimum Gasteiger partial charge on any atom is -0.464 e. The standard InChI is InChI=1S/C24H24N6O4S4/c1-33-21(31)19-27-29(17-9-5-3-6-10-17)23(37-19)25-13-15-35-36-16-14-26-24-30(18-11-7-4-8-12-18)28-20(38-24)22(32)34-2/h3-12H,13-16H2,1-2H3. The lowest BCUT2D eigenvalue weighted by molar-refractivity contribution is 0.0590. The molecular formula is C24H24N6O4S4. The Morgan fingerprint density at radius 3 is 1.50 bits per heavy atom. The zero-order valence-corrected chi connectivity index (χ0v) is 23.8. The van der Waals surface area contributed by atoms with Crippen molar-refractivity contribution in [3.63, 3.8) is 0 Å². The van der Waals surface area contributed by atoms with Gasteiger partial charge in [-0.3, -0.25) is 9.98 Å². The third-order valence-electron chi connectivity index (χ3n) is 4.77. The summed E-state index contributed by atoms with van der Waals surface area (Å²) in [4.78, 5) is 34.5. The molecule has 0 saturated heterocycles. The number of rotatable bonds is 11. The predicted octanol–water partition coefficient (Wildman–Crippen LogP) is 3.64. The number of benzene rings is 2. The van der Waals surface area contributed by atoms with E-state index in [1.54, 1.807) is 31.0 Å². The molecular weight excluding hydrogens is 565 g/mol. The van der Waals surface area contributed by atoms with Gasteiger partial charge in [-0.05, 0) is 24.3 Å². The van der Waals surface area contributed by atoms with Crippen LogP contribution in [0.15, 0.2) is 70.6 Å². The lowest BCUT2D eigenvalue weighted by Crippen LogP contribution is -2.15. The summed E-state index contributed by atoms with van der Waals surface area (Å²) in [6.07, 6.45) is 0. The Morgan fingerprint density at radius 1 is 0.737 bits per heavy atom. The summed E-state index contributed by atoms with van der Waals surface area (Å²) in [5, 5.41) is 9.26. The van der Waals surface area contributed by atoms with Crippen molar-refractivity contribution in [2.24, 2.45) is 9.98 Å². The molecule has 2 aromatic carbocycles. The zero-order chi connectivity index (χ0) is 26.7. The first-order valence-corrected chi connectivity index (χ1v) is 15.5. The van der Waals surface area contributed by atoms with E-state index in [0.717, 1.165) is 22.9 Å². The summed E-state index contributed by atoms with van der Waals surface area (Å²) in [6, 6.07) is 19.1. The molecule has 0 aliphatic carbocycles. The molecule has 0 amide bonds. The van der Waals surface area contributed by atoms with Crippen LogP contribution in [0, 0.1) is 0 Å². The molecule has 4 aromatic rings. The Morgan fingerprint density at radius 2 is 1.13 bits per heavy atom. The van der Waals surface area contributed by atoms with Gasteiger partial charge in [0.05, 0.1) is 38.7 Å². The van der Waals surface area contributed by atoms with Gasteiger partial charge in [-0.2, -0.15) is 0 Å². The molecule has 14 heteroatoms. The Labute approximate surface area is 234 Å². The molecule has 0 N–H and O–H groups in total. The van der Waals surface area contributed by atoms with Gasteiger partial charge >= 0.3 is 11.9 Å². The molecule has 2 heterocycles. The fourth-order valence-corrected chi connectivity index (χ4v) is 6.48. The molecule has 10 nitrogen and oxygen atoms in total. The van der Waals surface area contributed by atoms with Gasteiger partial charge in [0.25, 0.3) is 0 Å². The van der Waals surface area contributed by atoms with Crippen molar-refractivity contribution in [3.8, 4) is 11.4 Å². The highest BCUT2D eigenvalue weighted by Crippen LogP contribution is 2.20. The van der Waals surface area contributed by atoms with Crippen LogP contribution in [0.5, 0.6) is 0 Å². The average Bonchev–Trinajstić information content (AvgIpc) is 3.59. The second-order valence-electron chi connectivity index (χ2n) is 7.26. The summed E-state index contributed by atoms with van der Waals surface area (Å²) >= 11 is 2.40. The Bertz CT molecular complexity index is 1380. The monoisotopic (exact) mass is 588 g/mol. The maximum atomic E-state index is 12.0. The number of hydrogen-bond acceptors (Lipinski definition) is 12. The van der Waals surface area contributed by atoms with Crippen molar-refractivity contribution in [2.45, 2.75) is 0 Å². The third kappa shape index (κ3) is 7.22. The van der Waals surface area contributed by atoms with Crippen LogP contribution in [-0.4, -0.2) is 70.3 Å². The highest BCUT2D eigenvalue weighted by Gasteiger charge is 2.15. The van der Waals surface area contributed by atoms with E-state index in [1.165, 1.54) is 36.9 Å². The highest BCUT2D eigenvalue weighted by molar-refractivity contribution is 8.76. The van der Waals surface area contributed by atoms with Crippen LogP contribution >= 0.6 is 44.3 Å². The molecule has 0 aliphatic heterocycles. The van der Waals surface area contributed by atoms with Crippen molar-refractivity contribution in [2.75, 3.05) is 38.8 Å². The van der Waals surface area contributed by atoms with E-state index in [1.807, 2.05) is 60.7 Å². The van der Waals surface area contributed by atoms with Gasteiger partial charge < -0.3 is 9.47 Å². The summed E-state index contributed by atoms with van der Waals surface area (Å²) < 4.78 is 12.9. The number of hydrogen-bond donors (Lipinski definition) is 0. The van der Waals surface area contributed by atoms with E-state index < -0.39 is 11.9 Å². The Hall–Kier alpha value is -3.20. The van der Waals surface area contributed by atoms with Crippen molar-refractivity contribution < 1.29 is 19.1 Å². The molecule has 0 saturated carbocycles. The zero-order valence-electron chi connectivity index (χ0n) is 20.6. The van der Waals surface area contributed by atoms with Gasteiger partial charge in [0.15, 0.2) is 0 Å². The van der Waals surface area contributed by atoms with Crippen LogP contribution in [0.2, 0.25) is 0 Å². The van der Waals surface area contributed by atoms with E-state index in [2.05, 4.69) is 20.2 Å². The van der Waals surface area contributed by atoms with Crippen LogP contribution in [0.3, 0.4) is 0 Å². The Balaban J connectivity index is 1.34. The first kappa shape index (κ1) is 27.8. The molecule has 4 rings (SSSR count). The molecule has 0 spiro atoms. The van der Waals surface area contributed by atoms with Crippen LogP contribution < -0.4 is 9.60 Å². The smallest absolute Gasteiger partial charge is 0.369 e. The number of esters is 2. The van der Waals surface area contributed by atoms with Gasteiger partial charge in [0.2, 0.25) is 19.6 Å². The molecule has 0 radical (unpaired) electrons. The summed E-state index contributed by atoms with van der Waals surface area (Å²) in [6.45, 7) is 1.13. The number of aromatic nitrogens is 4. The molecule has 2 aromatic heterocycles. The van der Waals surface area contributed by atoms with Crippen molar-refractivity contribution in [1.29, 1.82) is 0 Å². The van der Waals surface area contributed by atoms with Gasteiger partial charge in [-0.15, -0.1) is 10.2 Å². The number of nitrogens with zero attached hydrogens (tertiary/aromatic N) is 6. The predicted molar refractivity (Wildman–Crippen MR) is 151 cm³/mol. The third-order valence-corrected chi connectivity index (χ3v) is 8.99. The molecule has 0 bridgehead atoms. The average molecular weight is 589 g/mol. The van der Waals surface area contributed by atoms with Gasteiger partial charge in [0.1, 0.15) is 0 Å². The summed E-state index contributed by atoms with van der Waals surface area (Å²) in [7, 11) is 6.06. The molecule has 38 heavy (non-hydrogen) atoms. The van der Waals surface area contributed by atoms with E-state index in [-0.39, 0.29) is 10.0 Å². The van der Waals surface area contributed by atoms with E-state index in [9.17, 15) is 9.59 Å². The van der Waals surface area contributed by atoms with E-state index in [4.69, 9.17) is 9.47 Å². The van der Waals surface area contributed by atoms with Gasteiger partial charge in [-0.25, -0.2) is 19.0 Å². The molecule has 0 unspecified atom stereocenters. The number of carbonyl (C=O) groups excluding carboxylic acids is 2. The quantitative estimate of drug-likeness (QED) is 0.148. The normalized spacial score (nSPS) is 12.1. The molecule has 0 aliphatic rings. The first-order chi connectivity index (χ1) is 18.6. The van der Waals surface area contributed by atoms with Gasteiger partial charge in [0, 0.05) is 11.5 Å². The second kappa shape index (κ2) is 14.1. The van der Waals surface area contributed by atoms with Gasteiger partial charge in [-0.1, -0.05) is 80.7 Å². The fraction of sp³-hybridized carbons (Fsp3) is 0.250.